The van der Waals surface area contributed by atoms with Gasteiger partial charge in [-0.15, -0.1) is 0 Å². The van der Waals surface area contributed by atoms with Crippen LogP contribution in [0.2, 0.25) is 5.02 Å². The lowest BCUT2D eigenvalue weighted by molar-refractivity contribution is -0.136. The molecule has 9 heteroatoms. The number of rotatable bonds is 6. The summed E-state index contributed by atoms with van der Waals surface area (Å²) in [6.07, 6.45) is 0. The fourth-order valence-electron chi connectivity index (χ4n) is 4.24. The summed E-state index contributed by atoms with van der Waals surface area (Å²) in [5.41, 5.74) is 2.69. The Labute approximate surface area is 198 Å². The maximum atomic E-state index is 12.8. The molecule has 0 aliphatic carbocycles. The Hall–Kier alpha value is -3.23. The van der Waals surface area contributed by atoms with Gasteiger partial charge in [-0.05, 0) is 29.8 Å². The van der Waals surface area contributed by atoms with E-state index in [1.165, 1.54) is 7.11 Å². The number of carbonyl (C=O) groups is 2. The van der Waals surface area contributed by atoms with Crippen LogP contribution < -0.4 is 20.3 Å². The fourth-order valence-corrected chi connectivity index (χ4v) is 4.50. The maximum absolute atomic E-state index is 12.8. The molecule has 0 aromatic heterocycles. The number of hydrogen-bond donors (Lipinski definition) is 2. The number of halogens is 1. The summed E-state index contributed by atoms with van der Waals surface area (Å²) < 4.78 is 10.4. The van der Waals surface area contributed by atoms with Crippen molar-refractivity contribution in [2.45, 2.75) is 6.04 Å². The Morgan fingerprint density at radius 2 is 1.85 bits per heavy atom. The molecular weight excluding hydrogens is 444 g/mol. The van der Waals surface area contributed by atoms with Crippen LogP contribution in [0.4, 0.5) is 10.5 Å². The van der Waals surface area contributed by atoms with Crippen molar-refractivity contribution >= 4 is 29.3 Å². The molecule has 0 unspecified atom stereocenters. The number of esters is 1. The first-order valence-electron chi connectivity index (χ1n) is 10.7. The second kappa shape index (κ2) is 10.1. The Morgan fingerprint density at radius 3 is 2.55 bits per heavy atom. The molecule has 2 aliphatic heterocycles. The van der Waals surface area contributed by atoms with E-state index in [1.807, 2.05) is 42.5 Å². The third-order valence-electron chi connectivity index (χ3n) is 5.93. The molecule has 8 nitrogen and oxygen atoms in total. The van der Waals surface area contributed by atoms with Gasteiger partial charge in [0.25, 0.3) is 0 Å². The van der Waals surface area contributed by atoms with Crippen molar-refractivity contribution in [3.05, 3.63) is 70.4 Å². The van der Waals surface area contributed by atoms with E-state index >= 15 is 0 Å². The van der Waals surface area contributed by atoms with Crippen LogP contribution in [-0.2, 0) is 9.53 Å². The second-order valence-electron chi connectivity index (χ2n) is 7.91. The zero-order valence-electron chi connectivity index (χ0n) is 18.6. The monoisotopic (exact) mass is 470 g/mol. The molecule has 2 aliphatic rings. The molecule has 0 bridgehead atoms. The third-order valence-corrected chi connectivity index (χ3v) is 6.25. The number of carbonyl (C=O) groups excluding carboxylic acids is 2. The number of nitrogens with one attached hydrogen (secondary N) is 2. The first-order chi connectivity index (χ1) is 16.0. The molecule has 2 heterocycles. The zero-order valence-corrected chi connectivity index (χ0v) is 19.4. The number of urea groups is 1. The fraction of sp³-hybridized carbons (Fsp3) is 0.333. The SMILES string of the molecule is COC(=O)C1=C(CN2CCN(c3ccccc3Cl)CC2)NC(=O)N[C@@H]1c1cccc(OC)c1. The van der Waals surface area contributed by atoms with E-state index in [2.05, 4.69) is 20.4 Å². The standard InChI is InChI=1S/C24H27ClN4O4/c1-32-17-7-5-6-16(14-17)22-21(23(30)33-2)19(26-24(31)27-22)15-28-10-12-29(13-11-28)20-9-4-3-8-18(20)25/h3-9,14,22H,10-13,15H2,1-2H3,(H2,26,27,31)/t22-/m1/s1. The first-order valence-corrected chi connectivity index (χ1v) is 11.1. The van der Waals surface area contributed by atoms with Gasteiger partial charge in [-0.25, -0.2) is 9.59 Å². The summed E-state index contributed by atoms with van der Waals surface area (Å²) in [4.78, 5) is 29.8. The van der Waals surface area contributed by atoms with Crippen molar-refractivity contribution in [2.24, 2.45) is 0 Å². The number of methoxy groups -OCH3 is 2. The molecule has 1 atom stereocenters. The molecule has 174 valence electrons. The topological polar surface area (TPSA) is 83.1 Å². The van der Waals surface area contributed by atoms with Gasteiger partial charge in [0.05, 0.1) is 36.5 Å². The van der Waals surface area contributed by atoms with Crippen LogP contribution in [-0.4, -0.2) is 63.8 Å². The van der Waals surface area contributed by atoms with Gasteiger partial charge in [-0.1, -0.05) is 35.9 Å². The molecule has 0 spiro atoms. The molecular formula is C24H27ClN4O4. The Bertz CT molecular complexity index is 1070. The molecule has 0 radical (unpaired) electrons. The normalized spacial score (nSPS) is 19.1. The highest BCUT2D eigenvalue weighted by Crippen LogP contribution is 2.31. The zero-order chi connectivity index (χ0) is 23.4. The van der Waals surface area contributed by atoms with Crippen molar-refractivity contribution in [2.75, 3.05) is 51.8 Å². The van der Waals surface area contributed by atoms with Crippen molar-refractivity contribution in [1.82, 2.24) is 15.5 Å². The van der Waals surface area contributed by atoms with Crippen LogP contribution in [0.3, 0.4) is 0 Å². The van der Waals surface area contributed by atoms with E-state index in [0.717, 1.165) is 42.5 Å². The molecule has 1 fully saturated rings. The predicted molar refractivity (Wildman–Crippen MR) is 127 cm³/mol. The molecule has 0 saturated carbocycles. The van der Waals surface area contributed by atoms with Crippen molar-refractivity contribution in [3.8, 4) is 5.75 Å². The van der Waals surface area contributed by atoms with E-state index in [4.69, 9.17) is 21.1 Å². The first kappa shape index (κ1) is 22.9. The van der Waals surface area contributed by atoms with Gasteiger partial charge in [0, 0.05) is 38.4 Å². The summed E-state index contributed by atoms with van der Waals surface area (Å²) in [6, 6.07) is 14.1. The lowest BCUT2D eigenvalue weighted by Crippen LogP contribution is -2.51. The molecule has 2 aromatic carbocycles. The molecule has 33 heavy (non-hydrogen) atoms. The highest BCUT2D eigenvalue weighted by molar-refractivity contribution is 6.33. The van der Waals surface area contributed by atoms with Gasteiger partial charge in [0.15, 0.2) is 0 Å². The summed E-state index contributed by atoms with van der Waals surface area (Å²) in [5.74, 6) is 0.154. The van der Waals surface area contributed by atoms with Crippen molar-refractivity contribution < 1.29 is 19.1 Å². The lowest BCUT2D eigenvalue weighted by atomic mass is 9.94. The Kier molecular flexibility index (Phi) is 7.05. The minimum Gasteiger partial charge on any atom is -0.497 e. The van der Waals surface area contributed by atoms with E-state index in [-0.39, 0.29) is 6.03 Å². The lowest BCUT2D eigenvalue weighted by Gasteiger charge is -2.38. The van der Waals surface area contributed by atoms with Gasteiger partial charge >= 0.3 is 12.0 Å². The van der Waals surface area contributed by atoms with Gasteiger partial charge in [-0.3, -0.25) is 4.90 Å². The Balaban J connectivity index is 1.56. The Morgan fingerprint density at radius 1 is 1.09 bits per heavy atom. The van der Waals surface area contributed by atoms with Gasteiger partial charge in [0.1, 0.15) is 5.75 Å². The second-order valence-corrected chi connectivity index (χ2v) is 8.31. The van der Waals surface area contributed by atoms with Crippen LogP contribution in [0.5, 0.6) is 5.75 Å². The van der Waals surface area contributed by atoms with E-state index in [9.17, 15) is 9.59 Å². The van der Waals surface area contributed by atoms with E-state index in [1.54, 1.807) is 13.2 Å². The number of piperazine rings is 1. The smallest absolute Gasteiger partial charge is 0.338 e. The van der Waals surface area contributed by atoms with Crippen LogP contribution >= 0.6 is 11.6 Å². The minimum absolute atomic E-state index is 0.361. The number of anilines is 1. The highest BCUT2D eigenvalue weighted by atomic mass is 35.5. The molecule has 2 amide bonds. The van der Waals surface area contributed by atoms with Gasteiger partial charge < -0.3 is 25.0 Å². The molecule has 1 saturated heterocycles. The summed E-state index contributed by atoms with van der Waals surface area (Å²) >= 11 is 6.35. The summed E-state index contributed by atoms with van der Waals surface area (Å²) in [5, 5.41) is 6.41. The molecule has 4 rings (SSSR count). The number of amides is 2. The summed E-state index contributed by atoms with van der Waals surface area (Å²) in [7, 11) is 2.92. The maximum Gasteiger partial charge on any atom is 0.338 e. The molecule has 2 N–H and O–H groups in total. The predicted octanol–water partition coefficient (Wildman–Crippen LogP) is 2.95. The summed E-state index contributed by atoms with van der Waals surface area (Å²) in [6.45, 7) is 3.52. The van der Waals surface area contributed by atoms with Crippen LogP contribution in [0, 0.1) is 0 Å². The average Bonchev–Trinajstić information content (AvgIpc) is 2.84. The number of hydrogen-bond acceptors (Lipinski definition) is 6. The van der Waals surface area contributed by atoms with Crippen molar-refractivity contribution in [3.63, 3.8) is 0 Å². The van der Waals surface area contributed by atoms with Crippen LogP contribution in [0.15, 0.2) is 59.8 Å². The number of nitrogens with zero attached hydrogens (tertiary/aromatic N) is 2. The average molecular weight is 471 g/mol. The highest BCUT2D eigenvalue weighted by Gasteiger charge is 2.34. The van der Waals surface area contributed by atoms with Crippen molar-refractivity contribution in [1.29, 1.82) is 0 Å². The van der Waals surface area contributed by atoms with Gasteiger partial charge in [-0.2, -0.15) is 0 Å². The largest absolute Gasteiger partial charge is 0.497 e. The quantitative estimate of drug-likeness (QED) is 0.632. The number of ether oxygens (including phenoxy) is 2. The van der Waals surface area contributed by atoms with Crippen LogP contribution in [0.25, 0.3) is 0 Å². The number of benzene rings is 2. The third kappa shape index (κ3) is 5.07. The molecule has 2 aromatic rings. The number of para-hydroxylation sites is 1. The van der Waals surface area contributed by atoms with Crippen LogP contribution in [0.1, 0.15) is 11.6 Å². The minimum atomic E-state index is -0.638. The van der Waals surface area contributed by atoms with E-state index in [0.29, 0.717) is 23.6 Å². The van der Waals surface area contributed by atoms with E-state index < -0.39 is 12.0 Å². The van der Waals surface area contributed by atoms with Gasteiger partial charge in [0.2, 0.25) is 0 Å².